The zero-order valence-electron chi connectivity index (χ0n) is 15.5. The molecular formula is C20H21N7. The minimum Gasteiger partial charge on any atom is -0.354 e. The van der Waals surface area contributed by atoms with Crippen molar-refractivity contribution in [2.45, 2.75) is 20.3 Å². The summed E-state index contributed by atoms with van der Waals surface area (Å²) in [6.07, 6.45) is 6.98. The van der Waals surface area contributed by atoms with Gasteiger partial charge in [0.05, 0.1) is 11.7 Å². The minimum absolute atomic E-state index is 0.658. The zero-order chi connectivity index (χ0) is 18.4. The number of benzene rings is 1. The summed E-state index contributed by atoms with van der Waals surface area (Å²) in [7, 11) is 0. The number of H-pyrrole nitrogens is 1. The van der Waals surface area contributed by atoms with E-state index < -0.39 is 0 Å². The molecule has 0 unspecified atom stereocenters. The highest BCUT2D eigenvalue weighted by Crippen LogP contribution is 2.38. The number of hydrogen-bond acceptors (Lipinski definition) is 6. The zero-order valence-corrected chi connectivity index (χ0v) is 15.5. The summed E-state index contributed by atoms with van der Waals surface area (Å²) < 4.78 is 0. The van der Waals surface area contributed by atoms with Crippen molar-refractivity contribution in [3.05, 3.63) is 41.2 Å². The van der Waals surface area contributed by atoms with Crippen LogP contribution in [-0.4, -0.2) is 45.6 Å². The highest BCUT2D eigenvalue weighted by atomic mass is 15.3. The van der Waals surface area contributed by atoms with Gasteiger partial charge in [-0.25, -0.2) is 4.98 Å². The highest BCUT2D eigenvalue weighted by molar-refractivity contribution is 6.37. The Kier molecular flexibility index (Phi) is 3.67. The third-order valence-corrected chi connectivity index (χ3v) is 5.09. The molecule has 0 radical (unpaired) electrons. The number of aromatic nitrogens is 4. The van der Waals surface area contributed by atoms with Crippen LogP contribution in [0.15, 0.2) is 29.5 Å². The minimum atomic E-state index is 0.658. The van der Waals surface area contributed by atoms with E-state index >= 15 is 0 Å². The molecule has 0 bridgehead atoms. The van der Waals surface area contributed by atoms with Crippen molar-refractivity contribution in [3.63, 3.8) is 0 Å². The van der Waals surface area contributed by atoms with E-state index in [1.807, 2.05) is 19.3 Å². The summed E-state index contributed by atoms with van der Waals surface area (Å²) in [6, 6.07) is 4.20. The van der Waals surface area contributed by atoms with Crippen LogP contribution in [0, 0.1) is 6.92 Å². The van der Waals surface area contributed by atoms with Crippen LogP contribution in [0.3, 0.4) is 0 Å². The molecule has 2 N–H and O–H groups in total. The fraction of sp³-hybridized carbons (Fsp3) is 0.300. The fourth-order valence-electron chi connectivity index (χ4n) is 3.87. The van der Waals surface area contributed by atoms with Crippen LogP contribution in [0.4, 0.5) is 11.8 Å². The van der Waals surface area contributed by atoms with Gasteiger partial charge in [-0.05, 0) is 43.5 Å². The lowest BCUT2D eigenvalue weighted by Crippen LogP contribution is -2.39. The largest absolute Gasteiger partial charge is 0.354 e. The molecule has 2 aliphatic heterocycles. The number of amidine groups is 1. The first-order chi connectivity index (χ1) is 13.3. The fourth-order valence-corrected chi connectivity index (χ4v) is 3.87. The summed E-state index contributed by atoms with van der Waals surface area (Å²) in [5.74, 6) is 2.58. The van der Waals surface area contributed by atoms with Gasteiger partial charge in [0, 0.05) is 42.4 Å². The van der Waals surface area contributed by atoms with Crippen LogP contribution in [0.1, 0.15) is 30.0 Å². The predicted molar refractivity (Wildman–Crippen MR) is 109 cm³/mol. The molecule has 7 heteroatoms. The topological polar surface area (TPSA) is 82.1 Å². The maximum atomic E-state index is 4.88. The number of fused-ring (bicyclic) bond motifs is 4. The molecule has 0 saturated heterocycles. The van der Waals surface area contributed by atoms with E-state index in [-0.39, 0.29) is 0 Å². The van der Waals surface area contributed by atoms with Gasteiger partial charge in [0.2, 0.25) is 5.95 Å². The number of aromatic amines is 1. The van der Waals surface area contributed by atoms with Gasteiger partial charge in [-0.3, -0.25) is 10.1 Å². The first kappa shape index (κ1) is 16.0. The molecule has 27 heavy (non-hydrogen) atoms. The van der Waals surface area contributed by atoms with Gasteiger partial charge in [-0.1, -0.05) is 6.07 Å². The van der Waals surface area contributed by atoms with Crippen molar-refractivity contribution in [3.8, 4) is 0 Å². The Labute approximate surface area is 157 Å². The molecule has 1 aromatic carbocycles. The van der Waals surface area contributed by atoms with Crippen molar-refractivity contribution < 1.29 is 0 Å². The number of aryl methyl sites for hydroxylation is 1. The van der Waals surface area contributed by atoms with Crippen LogP contribution in [0.5, 0.6) is 0 Å². The Morgan fingerprint density at radius 2 is 2.19 bits per heavy atom. The third kappa shape index (κ3) is 2.50. The van der Waals surface area contributed by atoms with E-state index in [0.29, 0.717) is 5.95 Å². The van der Waals surface area contributed by atoms with E-state index in [0.717, 1.165) is 59.7 Å². The van der Waals surface area contributed by atoms with Crippen LogP contribution < -0.4 is 10.2 Å². The van der Waals surface area contributed by atoms with E-state index in [1.54, 1.807) is 0 Å². The van der Waals surface area contributed by atoms with Crippen LogP contribution in [0.25, 0.3) is 22.6 Å². The average Bonchev–Trinajstić information content (AvgIpc) is 3.17. The van der Waals surface area contributed by atoms with Crippen LogP contribution in [-0.2, 0) is 0 Å². The van der Waals surface area contributed by atoms with Crippen LogP contribution in [0.2, 0.25) is 0 Å². The lowest BCUT2D eigenvalue weighted by atomic mass is 9.91. The van der Waals surface area contributed by atoms with Crippen molar-refractivity contribution >= 4 is 40.2 Å². The van der Waals surface area contributed by atoms with Gasteiger partial charge in [0.25, 0.3) is 0 Å². The quantitative estimate of drug-likeness (QED) is 0.750. The number of rotatable bonds is 3. The van der Waals surface area contributed by atoms with Crippen LogP contribution >= 0.6 is 0 Å². The third-order valence-electron chi connectivity index (χ3n) is 5.09. The van der Waals surface area contributed by atoms with Crippen molar-refractivity contribution in [2.75, 3.05) is 29.9 Å². The monoisotopic (exact) mass is 359 g/mol. The van der Waals surface area contributed by atoms with E-state index in [4.69, 9.17) is 9.98 Å². The second-order valence-corrected chi connectivity index (χ2v) is 6.86. The molecule has 7 nitrogen and oxygen atoms in total. The Morgan fingerprint density at radius 1 is 1.26 bits per heavy atom. The molecule has 3 aromatic rings. The maximum Gasteiger partial charge on any atom is 0.224 e. The molecule has 2 aromatic heterocycles. The van der Waals surface area contributed by atoms with Gasteiger partial charge < -0.3 is 10.2 Å². The van der Waals surface area contributed by atoms with E-state index in [1.165, 1.54) is 11.1 Å². The molecule has 0 spiro atoms. The first-order valence-corrected chi connectivity index (χ1v) is 9.34. The molecule has 0 saturated carbocycles. The number of anilines is 2. The summed E-state index contributed by atoms with van der Waals surface area (Å²) >= 11 is 0. The second kappa shape index (κ2) is 6.19. The van der Waals surface area contributed by atoms with Gasteiger partial charge in [-0.15, -0.1) is 0 Å². The van der Waals surface area contributed by atoms with Crippen molar-refractivity contribution in [1.82, 2.24) is 20.2 Å². The molecule has 136 valence electrons. The summed E-state index contributed by atoms with van der Waals surface area (Å²) in [5.41, 5.74) is 5.55. The summed E-state index contributed by atoms with van der Waals surface area (Å²) in [4.78, 5) is 16.3. The average molecular weight is 359 g/mol. The number of nitrogens with zero attached hydrogens (tertiary/aromatic N) is 5. The second-order valence-electron chi connectivity index (χ2n) is 6.86. The van der Waals surface area contributed by atoms with Crippen molar-refractivity contribution in [1.29, 1.82) is 0 Å². The summed E-state index contributed by atoms with van der Waals surface area (Å²) in [5, 5.41) is 11.6. The normalized spacial score (nSPS) is 15.9. The first-order valence-electron chi connectivity index (χ1n) is 9.34. The molecule has 0 amide bonds. The molecule has 0 fully saturated rings. The maximum absolute atomic E-state index is 4.88. The molecule has 0 aliphatic carbocycles. The van der Waals surface area contributed by atoms with Gasteiger partial charge in [-0.2, -0.15) is 10.1 Å². The Bertz CT molecular complexity index is 1090. The van der Waals surface area contributed by atoms with Gasteiger partial charge in [0.1, 0.15) is 11.7 Å². The molecular weight excluding hydrogens is 338 g/mol. The molecule has 4 heterocycles. The van der Waals surface area contributed by atoms with Crippen molar-refractivity contribution in [2.24, 2.45) is 4.99 Å². The number of hydrogen-bond donors (Lipinski definition) is 2. The lowest BCUT2D eigenvalue weighted by molar-refractivity contribution is 0.783. The molecule has 0 atom stereocenters. The predicted octanol–water partition coefficient (Wildman–Crippen LogP) is 3.26. The van der Waals surface area contributed by atoms with E-state index in [2.05, 4.69) is 50.5 Å². The molecule has 5 rings (SSSR count). The summed E-state index contributed by atoms with van der Waals surface area (Å²) in [6.45, 7) is 6.72. The standard InChI is InChI=1S/C20H21N7/c1-3-21-20-23-10-13-9-14(19-22-7-4-8-27(19)18(13)25-20)17-12(2)5-6-16-15(17)11-24-26-16/h5-6,9-11H,3-4,7-8H2,1-2H3,(H,24,26)(H,21,23,25). The Morgan fingerprint density at radius 3 is 3.07 bits per heavy atom. The lowest BCUT2D eigenvalue weighted by Gasteiger charge is -2.34. The smallest absolute Gasteiger partial charge is 0.224 e. The van der Waals surface area contributed by atoms with E-state index in [9.17, 15) is 0 Å². The highest BCUT2D eigenvalue weighted by Gasteiger charge is 2.30. The molecule has 2 aliphatic rings. The Balaban J connectivity index is 1.75. The number of aliphatic imine (C=N–C) groups is 1. The number of nitrogens with one attached hydrogen (secondary N) is 2. The van der Waals surface area contributed by atoms with Gasteiger partial charge in [0.15, 0.2) is 0 Å². The SMILES string of the molecule is CCNc1ncc2c(n1)N1CCCN=C1C(c1c(C)ccc3[nH]ncc13)=C2. The van der Waals surface area contributed by atoms with Gasteiger partial charge >= 0.3 is 0 Å². The Hall–Kier alpha value is -3.22.